The Balaban J connectivity index is 1.75. The summed E-state index contributed by atoms with van der Waals surface area (Å²) < 4.78 is 51.9. The van der Waals surface area contributed by atoms with E-state index in [1.165, 1.54) is 18.2 Å². The highest BCUT2D eigenvalue weighted by Gasteiger charge is 2.47. The molecule has 2 N–H and O–H groups in total. The average Bonchev–Trinajstić information content (AvgIpc) is 2.71. The SMILES string of the molecule is COc1ccc2nccc([C@H](O)CN3CCC(NC(=O)OC(C)(C)C)CC3C(F)(F)F)c2n1. The van der Waals surface area contributed by atoms with E-state index in [0.29, 0.717) is 28.9 Å². The monoisotopic (exact) mass is 470 g/mol. The number of amides is 1. The number of alkyl carbamates (subject to hydrolysis) is 1. The fourth-order valence-corrected chi connectivity index (χ4v) is 3.91. The lowest BCUT2D eigenvalue weighted by Crippen LogP contribution is -2.56. The molecule has 2 unspecified atom stereocenters. The van der Waals surface area contributed by atoms with Gasteiger partial charge in [-0.25, -0.2) is 9.78 Å². The maximum Gasteiger partial charge on any atom is 0.407 e. The number of carbonyl (C=O) groups excluding carboxylic acids is 1. The molecule has 11 heteroatoms. The van der Waals surface area contributed by atoms with Crippen molar-refractivity contribution in [3.63, 3.8) is 0 Å². The van der Waals surface area contributed by atoms with Crippen molar-refractivity contribution in [3.8, 4) is 5.88 Å². The van der Waals surface area contributed by atoms with E-state index in [0.717, 1.165) is 0 Å². The van der Waals surface area contributed by atoms with E-state index in [4.69, 9.17) is 9.47 Å². The maximum absolute atomic E-state index is 13.9. The number of alkyl halides is 3. The first-order valence-corrected chi connectivity index (χ1v) is 10.7. The number of fused-ring (bicyclic) bond motifs is 1. The number of halogens is 3. The number of nitrogens with zero attached hydrogens (tertiary/aromatic N) is 3. The lowest BCUT2D eigenvalue weighted by atomic mass is 9.95. The summed E-state index contributed by atoms with van der Waals surface area (Å²) in [4.78, 5) is 21.7. The topological polar surface area (TPSA) is 96.8 Å². The molecule has 0 spiro atoms. The minimum Gasteiger partial charge on any atom is -0.481 e. The molecule has 1 aliphatic heterocycles. The van der Waals surface area contributed by atoms with Crippen LogP contribution in [0, 0.1) is 0 Å². The van der Waals surface area contributed by atoms with E-state index in [1.807, 2.05) is 0 Å². The van der Waals surface area contributed by atoms with Crippen LogP contribution in [0.1, 0.15) is 45.3 Å². The minimum atomic E-state index is -4.53. The number of hydrogen-bond acceptors (Lipinski definition) is 7. The summed E-state index contributed by atoms with van der Waals surface area (Å²) >= 11 is 0. The van der Waals surface area contributed by atoms with Crippen LogP contribution in [0.15, 0.2) is 24.4 Å². The highest BCUT2D eigenvalue weighted by atomic mass is 19.4. The second kappa shape index (κ2) is 9.68. The number of aliphatic hydroxyl groups is 1. The van der Waals surface area contributed by atoms with E-state index in [9.17, 15) is 23.1 Å². The van der Waals surface area contributed by atoms with Gasteiger partial charge in [0.15, 0.2) is 0 Å². The molecule has 1 saturated heterocycles. The van der Waals surface area contributed by atoms with Crippen LogP contribution in [-0.4, -0.2) is 70.1 Å². The Bertz CT molecular complexity index is 980. The van der Waals surface area contributed by atoms with E-state index in [2.05, 4.69) is 15.3 Å². The minimum absolute atomic E-state index is 0.0431. The molecule has 1 amide bonds. The van der Waals surface area contributed by atoms with Gasteiger partial charge in [0.2, 0.25) is 5.88 Å². The second-order valence-corrected chi connectivity index (χ2v) is 9.06. The number of nitrogens with one attached hydrogen (secondary N) is 1. The van der Waals surface area contributed by atoms with Crippen LogP contribution >= 0.6 is 0 Å². The first kappa shape index (κ1) is 25.0. The molecule has 3 heterocycles. The normalized spacial score (nSPS) is 21.0. The Kier molecular flexibility index (Phi) is 7.32. The quantitative estimate of drug-likeness (QED) is 0.689. The third kappa shape index (κ3) is 6.44. The molecular formula is C22H29F3N4O4. The number of β-amino-alcohol motifs (C(OH)–C–C–N with tert-alkyl or cyclic N) is 1. The number of hydrogen-bond donors (Lipinski definition) is 2. The fraction of sp³-hybridized carbons (Fsp3) is 0.591. The Hall–Kier alpha value is -2.66. The van der Waals surface area contributed by atoms with Crippen molar-refractivity contribution in [3.05, 3.63) is 30.0 Å². The van der Waals surface area contributed by atoms with Crippen molar-refractivity contribution in [2.24, 2.45) is 0 Å². The third-order valence-corrected chi connectivity index (χ3v) is 5.38. The molecule has 182 valence electrons. The molecule has 33 heavy (non-hydrogen) atoms. The molecule has 2 aromatic rings. The van der Waals surface area contributed by atoms with Crippen LogP contribution in [-0.2, 0) is 4.74 Å². The highest BCUT2D eigenvalue weighted by molar-refractivity contribution is 5.78. The lowest BCUT2D eigenvalue weighted by molar-refractivity contribution is -0.196. The van der Waals surface area contributed by atoms with E-state index < -0.39 is 36.1 Å². The van der Waals surface area contributed by atoms with Crippen molar-refractivity contribution >= 4 is 17.1 Å². The molecule has 2 aromatic heterocycles. The van der Waals surface area contributed by atoms with Gasteiger partial charge in [-0.2, -0.15) is 13.2 Å². The van der Waals surface area contributed by atoms with Gasteiger partial charge in [-0.15, -0.1) is 0 Å². The summed E-state index contributed by atoms with van der Waals surface area (Å²) in [7, 11) is 1.45. The Morgan fingerprint density at radius 1 is 1.30 bits per heavy atom. The van der Waals surface area contributed by atoms with Crippen molar-refractivity contribution in [2.75, 3.05) is 20.2 Å². The summed E-state index contributed by atoms with van der Waals surface area (Å²) in [5.74, 6) is 0.311. The number of pyridine rings is 2. The molecule has 1 fully saturated rings. The summed E-state index contributed by atoms with van der Waals surface area (Å²) in [6, 6.07) is 2.32. The smallest absolute Gasteiger partial charge is 0.407 e. The van der Waals surface area contributed by atoms with Gasteiger partial charge in [0.05, 0.1) is 24.2 Å². The summed E-state index contributed by atoms with van der Waals surface area (Å²) in [5.41, 5.74) is 0.491. The highest BCUT2D eigenvalue weighted by Crippen LogP contribution is 2.34. The molecule has 0 radical (unpaired) electrons. The summed E-state index contributed by atoms with van der Waals surface area (Å²) in [5, 5.41) is 13.4. The van der Waals surface area contributed by atoms with Gasteiger partial charge in [-0.3, -0.25) is 9.88 Å². The number of methoxy groups -OCH3 is 1. The van der Waals surface area contributed by atoms with E-state index in [1.54, 1.807) is 39.0 Å². The standard InChI is InChI=1S/C22H29F3N4O4/c1-21(2,3)33-20(31)27-13-8-10-29(17(11-13)22(23,24)25)12-16(30)14-7-9-26-15-5-6-18(32-4)28-19(14)15/h5-7,9,13,16-17,30H,8,10-12H2,1-4H3,(H,27,31)/t13?,16-,17?/m1/s1. The average molecular weight is 470 g/mol. The fourth-order valence-electron chi connectivity index (χ4n) is 3.91. The van der Waals surface area contributed by atoms with Gasteiger partial charge >= 0.3 is 12.3 Å². The number of likely N-dealkylation sites (tertiary alicyclic amines) is 1. The zero-order valence-corrected chi connectivity index (χ0v) is 19.0. The predicted octanol–water partition coefficient (Wildman–Crippen LogP) is 3.59. The molecule has 8 nitrogen and oxygen atoms in total. The zero-order valence-electron chi connectivity index (χ0n) is 19.0. The number of aliphatic hydroxyl groups excluding tert-OH is 1. The number of rotatable bonds is 5. The van der Waals surface area contributed by atoms with Gasteiger partial charge < -0.3 is 19.9 Å². The summed E-state index contributed by atoms with van der Waals surface area (Å²) in [6.07, 6.45) is -5.07. The molecular weight excluding hydrogens is 441 g/mol. The number of aromatic nitrogens is 2. The molecule has 0 bridgehead atoms. The van der Waals surface area contributed by atoms with Crippen molar-refractivity contribution < 1.29 is 32.5 Å². The molecule has 3 atom stereocenters. The van der Waals surface area contributed by atoms with Gasteiger partial charge in [-0.1, -0.05) is 0 Å². The van der Waals surface area contributed by atoms with Crippen molar-refractivity contribution in [1.29, 1.82) is 0 Å². The zero-order chi connectivity index (χ0) is 24.4. The number of piperidine rings is 1. The number of carbonyl (C=O) groups is 1. The van der Waals surface area contributed by atoms with Crippen molar-refractivity contribution in [2.45, 2.75) is 63.6 Å². The molecule has 0 saturated carbocycles. The third-order valence-electron chi connectivity index (χ3n) is 5.38. The maximum atomic E-state index is 13.9. The Labute approximate surface area is 190 Å². The van der Waals surface area contributed by atoms with Gasteiger partial charge in [-0.05, 0) is 45.7 Å². The molecule has 3 rings (SSSR count). The molecule has 0 aromatic carbocycles. The van der Waals surface area contributed by atoms with Crippen molar-refractivity contribution in [1.82, 2.24) is 20.2 Å². The first-order valence-electron chi connectivity index (χ1n) is 10.7. The van der Waals surface area contributed by atoms with Crippen LogP contribution in [0.5, 0.6) is 5.88 Å². The second-order valence-electron chi connectivity index (χ2n) is 9.06. The Morgan fingerprint density at radius 3 is 2.67 bits per heavy atom. The predicted molar refractivity (Wildman–Crippen MR) is 115 cm³/mol. The van der Waals surface area contributed by atoms with Crippen LogP contribution in [0.4, 0.5) is 18.0 Å². The largest absolute Gasteiger partial charge is 0.481 e. The lowest BCUT2D eigenvalue weighted by Gasteiger charge is -2.41. The van der Waals surface area contributed by atoms with E-state index >= 15 is 0 Å². The van der Waals surface area contributed by atoms with Gasteiger partial charge in [0.25, 0.3) is 0 Å². The molecule has 0 aliphatic carbocycles. The van der Waals surface area contributed by atoms with Crippen LogP contribution < -0.4 is 10.1 Å². The van der Waals surface area contributed by atoms with Gasteiger partial charge in [0.1, 0.15) is 11.6 Å². The summed E-state index contributed by atoms with van der Waals surface area (Å²) in [6.45, 7) is 4.84. The Morgan fingerprint density at radius 2 is 2.03 bits per heavy atom. The first-order chi connectivity index (χ1) is 15.4. The number of ether oxygens (including phenoxy) is 2. The van der Waals surface area contributed by atoms with Gasteiger partial charge in [0, 0.05) is 37.0 Å². The molecule has 1 aliphatic rings. The van der Waals surface area contributed by atoms with Crippen LogP contribution in [0.3, 0.4) is 0 Å². The van der Waals surface area contributed by atoms with E-state index in [-0.39, 0.29) is 19.5 Å². The van der Waals surface area contributed by atoms with Crippen LogP contribution in [0.2, 0.25) is 0 Å². The van der Waals surface area contributed by atoms with Crippen LogP contribution in [0.25, 0.3) is 11.0 Å².